The highest BCUT2D eigenvalue weighted by Crippen LogP contribution is 2.38. The number of nitrogens with two attached hydrogens (primary N) is 1. The van der Waals surface area contributed by atoms with Crippen molar-refractivity contribution in [3.63, 3.8) is 0 Å². The van der Waals surface area contributed by atoms with E-state index in [1.165, 1.54) is 48.2 Å². The van der Waals surface area contributed by atoms with Crippen LogP contribution in [-0.4, -0.2) is 23.8 Å². The van der Waals surface area contributed by atoms with Gasteiger partial charge in [0.1, 0.15) is 11.6 Å². The van der Waals surface area contributed by atoms with E-state index in [4.69, 9.17) is 10.2 Å². The van der Waals surface area contributed by atoms with Gasteiger partial charge in [-0.05, 0) is 30.3 Å². The second-order valence-corrected chi connectivity index (χ2v) is 7.74. The van der Waals surface area contributed by atoms with Gasteiger partial charge in [-0.3, -0.25) is 4.79 Å². The number of carbonyl (C=O) groups is 1. The summed E-state index contributed by atoms with van der Waals surface area (Å²) >= 11 is 0. The number of alkyl halides is 1. The van der Waals surface area contributed by atoms with Gasteiger partial charge in [-0.25, -0.2) is 14.1 Å². The molecule has 8 nitrogen and oxygen atoms in total. The first kappa shape index (κ1) is 21.4. The van der Waals surface area contributed by atoms with Gasteiger partial charge in [0.05, 0.1) is 11.8 Å². The van der Waals surface area contributed by atoms with Crippen molar-refractivity contribution in [2.24, 2.45) is 0 Å². The number of rotatable bonds is 7. The first-order valence-corrected chi connectivity index (χ1v) is 10.2. The minimum atomic E-state index is -5.19. The molecule has 0 aliphatic carbocycles. The summed E-state index contributed by atoms with van der Waals surface area (Å²) in [5.41, 5.74) is 5.48. The van der Waals surface area contributed by atoms with Gasteiger partial charge in [0.15, 0.2) is 0 Å². The van der Waals surface area contributed by atoms with Crippen molar-refractivity contribution in [2.45, 2.75) is 19.1 Å². The fraction of sp³-hybridized carbons (Fsp3) is 0.158. The average Bonchev–Trinajstić information content (AvgIpc) is 3.28. The van der Waals surface area contributed by atoms with Crippen LogP contribution >= 0.6 is 0 Å². The molecule has 2 heterocycles. The first-order chi connectivity index (χ1) is 14.2. The number of benzene rings is 1. The van der Waals surface area contributed by atoms with E-state index in [-0.39, 0.29) is 22.7 Å². The normalized spacial score (nSPS) is 13.7. The summed E-state index contributed by atoms with van der Waals surface area (Å²) in [5, 5.41) is 0. The zero-order chi connectivity index (χ0) is 21.9. The van der Waals surface area contributed by atoms with Crippen LogP contribution in [0.4, 0.5) is 14.7 Å². The van der Waals surface area contributed by atoms with E-state index in [1.807, 2.05) is 0 Å². The lowest BCUT2D eigenvalue weighted by molar-refractivity contribution is -0.0941. The van der Waals surface area contributed by atoms with Gasteiger partial charge in [-0.15, -0.1) is 4.48 Å². The fourth-order valence-corrected chi connectivity index (χ4v) is 3.79. The SMILES string of the molecule is CCC(F)(c1cnc(N)c(-c2ccco2)c1)N(F)S(=O)(=O)NC(=O)c1ccccc1. The second-order valence-electron chi connectivity index (χ2n) is 6.26. The Labute approximate surface area is 171 Å². The van der Waals surface area contributed by atoms with Crippen molar-refractivity contribution in [1.29, 1.82) is 0 Å². The number of amides is 1. The monoisotopic (exact) mass is 436 g/mol. The lowest BCUT2D eigenvalue weighted by Gasteiger charge is -2.29. The third-order valence-electron chi connectivity index (χ3n) is 4.36. The second kappa shape index (κ2) is 8.20. The molecule has 2 aromatic heterocycles. The van der Waals surface area contributed by atoms with Crippen LogP contribution in [0.5, 0.6) is 0 Å². The third kappa shape index (κ3) is 4.02. The van der Waals surface area contributed by atoms with Gasteiger partial charge < -0.3 is 10.2 Å². The predicted octanol–water partition coefficient (Wildman–Crippen LogP) is 3.32. The van der Waals surface area contributed by atoms with Crippen LogP contribution in [0, 0.1) is 0 Å². The highest BCUT2D eigenvalue weighted by Gasteiger charge is 2.47. The molecule has 0 aliphatic rings. The highest BCUT2D eigenvalue weighted by atomic mass is 32.2. The minimum Gasteiger partial charge on any atom is -0.464 e. The first-order valence-electron chi connectivity index (χ1n) is 8.76. The molecule has 0 bridgehead atoms. The summed E-state index contributed by atoms with van der Waals surface area (Å²) in [6.07, 6.45) is 1.66. The number of furan rings is 1. The number of hydrogen-bond donors (Lipinski definition) is 2. The molecule has 30 heavy (non-hydrogen) atoms. The van der Waals surface area contributed by atoms with Crippen LogP contribution in [0.25, 0.3) is 11.3 Å². The van der Waals surface area contributed by atoms with E-state index in [0.717, 1.165) is 12.3 Å². The summed E-state index contributed by atoms with van der Waals surface area (Å²) in [6.45, 7) is 1.24. The average molecular weight is 436 g/mol. The van der Waals surface area contributed by atoms with Gasteiger partial charge in [-0.2, -0.15) is 8.42 Å². The Kier molecular flexibility index (Phi) is 5.85. The van der Waals surface area contributed by atoms with Crippen LogP contribution in [-0.2, 0) is 16.0 Å². The van der Waals surface area contributed by atoms with Crippen molar-refractivity contribution in [2.75, 3.05) is 5.73 Å². The molecule has 0 fully saturated rings. The Morgan fingerprint density at radius 2 is 1.97 bits per heavy atom. The van der Waals surface area contributed by atoms with Gasteiger partial charge >= 0.3 is 10.2 Å². The number of aromatic nitrogens is 1. The Bertz CT molecular complexity index is 1140. The number of pyridine rings is 1. The van der Waals surface area contributed by atoms with E-state index in [9.17, 15) is 17.7 Å². The molecule has 1 aromatic carbocycles. The van der Waals surface area contributed by atoms with Crippen molar-refractivity contribution in [3.05, 3.63) is 72.1 Å². The van der Waals surface area contributed by atoms with Crippen LogP contribution in [0.1, 0.15) is 29.3 Å². The molecule has 0 saturated heterocycles. The number of nitrogens with zero attached hydrogens (tertiary/aromatic N) is 2. The van der Waals surface area contributed by atoms with E-state index in [1.54, 1.807) is 12.1 Å². The zero-order valence-electron chi connectivity index (χ0n) is 15.7. The Morgan fingerprint density at radius 3 is 2.57 bits per heavy atom. The van der Waals surface area contributed by atoms with E-state index >= 15 is 4.39 Å². The Hall–Kier alpha value is -3.31. The molecule has 3 rings (SSSR count). The Balaban J connectivity index is 1.95. The van der Waals surface area contributed by atoms with Gasteiger partial charge in [0.25, 0.3) is 5.91 Å². The number of anilines is 1. The molecular formula is C19H18F2N4O4S. The molecule has 11 heteroatoms. The Morgan fingerprint density at radius 1 is 1.27 bits per heavy atom. The molecule has 0 aliphatic heterocycles. The summed E-state index contributed by atoms with van der Waals surface area (Å²) in [7, 11) is -5.19. The highest BCUT2D eigenvalue weighted by molar-refractivity contribution is 7.87. The lowest BCUT2D eigenvalue weighted by atomic mass is 10.0. The van der Waals surface area contributed by atoms with Crippen molar-refractivity contribution in [3.8, 4) is 11.3 Å². The molecule has 1 amide bonds. The van der Waals surface area contributed by atoms with Crippen molar-refractivity contribution in [1.82, 2.24) is 14.2 Å². The molecule has 158 valence electrons. The quantitative estimate of drug-likeness (QED) is 0.433. The number of hydrogen-bond acceptors (Lipinski definition) is 6. The zero-order valence-corrected chi connectivity index (χ0v) is 16.6. The summed E-state index contributed by atoms with van der Waals surface area (Å²) < 4.78 is 61.1. The topological polar surface area (TPSA) is 119 Å². The number of halogens is 2. The van der Waals surface area contributed by atoms with Gasteiger partial charge in [0.2, 0.25) is 5.79 Å². The van der Waals surface area contributed by atoms with Crippen LogP contribution < -0.4 is 10.5 Å². The lowest BCUT2D eigenvalue weighted by Crippen LogP contribution is -2.48. The van der Waals surface area contributed by atoms with Crippen molar-refractivity contribution >= 4 is 21.9 Å². The molecule has 0 radical (unpaired) electrons. The van der Waals surface area contributed by atoms with Crippen LogP contribution in [0.2, 0.25) is 0 Å². The third-order valence-corrected chi connectivity index (χ3v) is 5.52. The molecule has 0 saturated carbocycles. The maximum Gasteiger partial charge on any atom is 0.333 e. The number of nitrogen functional groups attached to an aromatic ring is 1. The van der Waals surface area contributed by atoms with E-state index < -0.39 is 38.4 Å². The summed E-state index contributed by atoms with van der Waals surface area (Å²) in [5.74, 6) is -4.04. The summed E-state index contributed by atoms with van der Waals surface area (Å²) in [6, 6.07) is 11.5. The van der Waals surface area contributed by atoms with Gasteiger partial charge in [-0.1, -0.05) is 25.1 Å². The molecule has 3 aromatic rings. The molecule has 3 N–H and O–H groups in total. The van der Waals surface area contributed by atoms with Crippen LogP contribution in [0.15, 0.2) is 65.4 Å². The maximum atomic E-state index is 15.7. The molecule has 0 spiro atoms. The van der Waals surface area contributed by atoms with E-state index in [0.29, 0.717) is 0 Å². The maximum absolute atomic E-state index is 15.7. The summed E-state index contributed by atoms with van der Waals surface area (Å²) in [4.78, 5) is 15.9. The smallest absolute Gasteiger partial charge is 0.333 e. The largest absolute Gasteiger partial charge is 0.464 e. The predicted molar refractivity (Wildman–Crippen MR) is 105 cm³/mol. The van der Waals surface area contributed by atoms with E-state index in [2.05, 4.69) is 4.98 Å². The molecule has 1 unspecified atom stereocenters. The standard InChI is InChI=1S/C19H18F2N4O4S/c1-2-19(20,14-11-15(17(22)23-12-14)16-9-6-10-29-16)25(21)30(27,28)24-18(26)13-7-4-3-5-8-13/h3-12H,2H2,1H3,(H2,22,23)(H,24,26). The number of carbonyl (C=O) groups excluding carboxylic acids is 1. The minimum absolute atomic E-state index is 0.0159. The fourth-order valence-electron chi connectivity index (χ4n) is 2.74. The molecular weight excluding hydrogens is 418 g/mol. The van der Waals surface area contributed by atoms with Crippen LogP contribution in [0.3, 0.4) is 0 Å². The molecule has 1 atom stereocenters. The number of nitrogens with one attached hydrogen (secondary N) is 1. The van der Waals surface area contributed by atoms with Gasteiger partial charge in [0, 0.05) is 28.3 Å². The van der Waals surface area contributed by atoms with Crippen molar-refractivity contribution < 1.29 is 26.5 Å².